The molecule has 3 aromatic rings. The van der Waals surface area contributed by atoms with Crippen LogP contribution in [0.3, 0.4) is 0 Å². The molecule has 0 aromatic carbocycles. The zero-order valence-corrected chi connectivity index (χ0v) is 14.9. The van der Waals surface area contributed by atoms with E-state index >= 15 is 0 Å². The molecule has 0 aliphatic heterocycles. The number of aryl methyl sites for hydroxylation is 1. The lowest BCUT2D eigenvalue weighted by Crippen LogP contribution is -2.15. The van der Waals surface area contributed by atoms with E-state index in [-0.39, 0.29) is 24.1 Å². The van der Waals surface area contributed by atoms with Crippen molar-refractivity contribution < 1.29 is 9.53 Å². The molecule has 1 N–H and O–H groups in total. The highest BCUT2D eigenvalue weighted by molar-refractivity contribution is 7.19. The van der Waals surface area contributed by atoms with Crippen molar-refractivity contribution in [2.45, 2.75) is 26.9 Å². The number of hydrogen-bond acceptors (Lipinski definition) is 6. The average molecular weight is 360 g/mol. The lowest BCUT2D eigenvalue weighted by Gasteiger charge is -2.04. The maximum Gasteiger partial charge on any atom is 0.309 e. The van der Waals surface area contributed by atoms with Gasteiger partial charge in [-0.25, -0.2) is 4.98 Å². The van der Waals surface area contributed by atoms with E-state index in [9.17, 15) is 9.59 Å². The number of thiophene rings is 2. The molecule has 1 aliphatic carbocycles. The molecule has 1 saturated carbocycles. The molecular formula is C17H16N2O3S2. The van der Waals surface area contributed by atoms with Gasteiger partial charge < -0.3 is 9.72 Å². The van der Waals surface area contributed by atoms with Crippen LogP contribution in [-0.2, 0) is 16.1 Å². The van der Waals surface area contributed by atoms with Gasteiger partial charge in [0.15, 0.2) is 0 Å². The summed E-state index contributed by atoms with van der Waals surface area (Å²) in [4.78, 5) is 34.4. The van der Waals surface area contributed by atoms with Crippen LogP contribution in [0.4, 0.5) is 0 Å². The molecule has 0 amide bonds. The van der Waals surface area contributed by atoms with E-state index in [1.807, 2.05) is 31.4 Å². The number of carbonyl (C=O) groups excluding carboxylic acids is 1. The number of aromatic nitrogens is 2. The summed E-state index contributed by atoms with van der Waals surface area (Å²) in [5.74, 6) is 0.605. The summed E-state index contributed by atoms with van der Waals surface area (Å²) in [7, 11) is 0. The van der Waals surface area contributed by atoms with Gasteiger partial charge in [0.1, 0.15) is 17.3 Å². The van der Waals surface area contributed by atoms with Gasteiger partial charge >= 0.3 is 5.97 Å². The number of H-pyrrole nitrogens is 1. The highest BCUT2D eigenvalue weighted by atomic mass is 32.1. The third-order valence-corrected chi connectivity index (χ3v) is 6.17. The van der Waals surface area contributed by atoms with Crippen molar-refractivity contribution >= 4 is 38.9 Å². The van der Waals surface area contributed by atoms with Gasteiger partial charge in [-0.3, -0.25) is 9.59 Å². The number of nitrogens with zero attached hydrogens (tertiary/aromatic N) is 1. The van der Waals surface area contributed by atoms with Crippen molar-refractivity contribution in [2.75, 3.05) is 0 Å². The van der Waals surface area contributed by atoms with E-state index in [2.05, 4.69) is 9.97 Å². The number of aromatic amines is 1. The molecule has 0 saturated heterocycles. The fourth-order valence-electron chi connectivity index (χ4n) is 2.72. The predicted octanol–water partition coefficient (Wildman–Crippen LogP) is 3.72. The Morgan fingerprint density at radius 2 is 2.25 bits per heavy atom. The van der Waals surface area contributed by atoms with Crippen LogP contribution in [0.15, 0.2) is 22.3 Å². The second-order valence-corrected chi connectivity index (χ2v) is 8.33. The van der Waals surface area contributed by atoms with Gasteiger partial charge in [0.05, 0.1) is 11.3 Å². The lowest BCUT2D eigenvalue weighted by molar-refractivity contribution is -0.147. The maximum absolute atomic E-state index is 12.5. The first kappa shape index (κ1) is 15.5. The van der Waals surface area contributed by atoms with Gasteiger partial charge in [-0.15, -0.1) is 22.7 Å². The van der Waals surface area contributed by atoms with Crippen LogP contribution < -0.4 is 5.56 Å². The van der Waals surface area contributed by atoms with Crippen molar-refractivity contribution in [2.24, 2.45) is 11.8 Å². The molecule has 2 atom stereocenters. The normalized spacial score (nSPS) is 19.6. The SMILES string of the molecule is Cc1ccc(-c2csc3nc(COC(=O)[C@@H]4C[C@@H]4C)[nH]c(=O)c23)s1. The largest absolute Gasteiger partial charge is 0.457 e. The van der Waals surface area contributed by atoms with Gasteiger partial charge in [0.25, 0.3) is 5.56 Å². The topological polar surface area (TPSA) is 72.0 Å². The molecule has 0 spiro atoms. The Morgan fingerprint density at radius 3 is 2.92 bits per heavy atom. The van der Waals surface area contributed by atoms with Gasteiger partial charge in [-0.2, -0.15) is 0 Å². The molecule has 7 heteroatoms. The average Bonchev–Trinajstić information content (AvgIpc) is 2.95. The van der Waals surface area contributed by atoms with Crippen molar-refractivity contribution in [3.05, 3.63) is 38.6 Å². The third-order valence-electron chi connectivity index (χ3n) is 4.26. The van der Waals surface area contributed by atoms with Crippen LogP contribution in [0.5, 0.6) is 0 Å². The summed E-state index contributed by atoms with van der Waals surface area (Å²) in [6, 6.07) is 4.06. The summed E-state index contributed by atoms with van der Waals surface area (Å²) in [6.45, 7) is 4.08. The molecule has 24 heavy (non-hydrogen) atoms. The Balaban J connectivity index is 1.61. The highest BCUT2D eigenvalue weighted by Crippen LogP contribution is 2.39. The Kier molecular flexibility index (Phi) is 3.77. The quantitative estimate of drug-likeness (QED) is 0.720. The number of ether oxygens (including phenoxy) is 1. The molecular weight excluding hydrogens is 344 g/mol. The van der Waals surface area contributed by atoms with Crippen molar-refractivity contribution in [3.8, 4) is 10.4 Å². The summed E-state index contributed by atoms with van der Waals surface area (Å²) < 4.78 is 5.26. The van der Waals surface area contributed by atoms with Crippen LogP contribution in [0.1, 0.15) is 24.0 Å². The lowest BCUT2D eigenvalue weighted by atomic mass is 10.2. The van der Waals surface area contributed by atoms with E-state index in [0.717, 1.165) is 16.9 Å². The summed E-state index contributed by atoms with van der Waals surface area (Å²) in [5, 5.41) is 2.56. The summed E-state index contributed by atoms with van der Waals surface area (Å²) in [5.41, 5.74) is 0.727. The van der Waals surface area contributed by atoms with Gasteiger partial charge in [-0.05, 0) is 31.4 Å². The second kappa shape index (κ2) is 5.82. The fourth-order valence-corrected chi connectivity index (χ4v) is 4.64. The molecule has 5 nitrogen and oxygen atoms in total. The van der Waals surface area contributed by atoms with Crippen LogP contribution in [0.2, 0.25) is 0 Å². The van der Waals surface area contributed by atoms with Gasteiger partial charge in [-0.1, -0.05) is 6.92 Å². The number of rotatable bonds is 4. The van der Waals surface area contributed by atoms with Crippen molar-refractivity contribution in [1.29, 1.82) is 0 Å². The number of carbonyl (C=O) groups is 1. The number of fused-ring (bicyclic) bond motifs is 1. The molecule has 4 rings (SSSR count). The molecule has 0 bridgehead atoms. The Hall–Kier alpha value is -1.99. The van der Waals surface area contributed by atoms with E-state index in [1.165, 1.54) is 16.2 Å². The molecule has 3 heterocycles. The summed E-state index contributed by atoms with van der Waals surface area (Å²) in [6.07, 6.45) is 0.885. The van der Waals surface area contributed by atoms with Crippen LogP contribution in [0.25, 0.3) is 20.7 Å². The standard InChI is InChI=1S/C17H16N2O3S2/c1-8-5-10(8)17(21)22-6-13-18-15(20)14-11(7-23-16(14)19-13)12-4-3-9(2)24-12/h3-4,7-8,10H,5-6H2,1-2H3,(H,18,19,20)/t8-,10+/m0/s1. The fraction of sp³-hybridized carbons (Fsp3) is 0.353. The zero-order chi connectivity index (χ0) is 16.8. The molecule has 0 radical (unpaired) electrons. The van der Waals surface area contributed by atoms with Crippen LogP contribution in [0, 0.1) is 18.8 Å². The predicted molar refractivity (Wildman–Crippen MR) is 95.4 cm³/mol. The monoisotopic (exact) mass is 360 g/mol. The van der Waals surface area contributed by atoms with Crippen molar-refractivity contribution in [1.82, 2.24) is 9.97 Å². The highest BCUT2D eigenvalue weighted by Gasteiger charge is 2.40. The van der Waals surface area contributed by atoms with E-state index in [4.69, 9.17) is 4.74 Å². The van der Waals surface area contributed by atoms with E-state index in [0.29, 0.717) is 22.0 Å². The smallest absolute Gasteiger partial charge is 0.309 e. The third kappa shape index (κ3) is 2.78. The molecule has 3 aromatic heterocycles. The zero-order valence-electron chi connectivity index (χ0n) is 13.3. The van der Waals surface area contributed by atoms with E-state index < -0.39 is 0 Å². The van der Waals surface area contributed by atoms with Crippen LogP contribution >= 0.6 is 22.7 Å². The number of esters is 1. The van der Waals surface area contributed by atoms with Gasteiger partial charge in [0, 0.05) is 20.7 Å². The molecule has 0 unspecified atom stereocenters. The van der Waals surface area contributed by atoms with Crippen molar-refractivity contribution in [3.63, 3.8) is 0 Å². The number of hydrogen-bond donors (Lipinski definition) is 1. The molecule has 124 valence electrons. The van der Waals surface area contributed by atoms with E-state index in [1.54, 1.807) is 11.3 Å². The Bertz CT molecular complexity index is 985. The Labute approximate surface area is 146 Å². The maximum atomic E-state index is 12.5. The number of nitrogens with one attached hydrogen (secondary N) is 1. The first-order chi connectivity index (χ1) is 11.5. The van der Waals surface area contributed by atoms with Gasteiger partial charge in [0.2, 0.25) is 0 Å². The first-order valence-corrected chi connectivity index (χ1v) is 9.46. The molecule has 1 aliphatic rings. The molecule has 1 fully saturated rings. The minimum Gasteiger partial charge on any atom is -0.457 e. The minimum absolute atomic E-state index is 0.0101. The van der Waals surface area contributed by atoms with Crippen LogP contribution in [-0.4, -0.2) is 15.9 Å². The minimum atomic E-state index is -0.203. The second-order valence-electron chi connectivity index (χ2n) is 6.18. The Morgan fingerprint density at radius 1 is 1.46 bits per heavy atom. The summed E-state index contributed by atoms with van der Waals surface area (Å²) >= 11 is 3.09. The first-order valence-electron chi connectivity index (χ1n) is 7.77.